The van der Waals surface area contributed by atoms with Gasteiger partial charge in [-0.1, -0.05) is 0 Å². The molecule has 0 saturated carbocycles. The van der Waals surface area contributed by atoms with Gasteiger partial charge in [-0.2, -0.15) is 10.4 Å². The summed E-state index contributed by atoms with van der Waals surface area (Å²) in [6.07, 6.45) is -4.44. The number of carbonyl (C=O) groups excluding carboxylic acids is 2. The van der Waals surface area contributed by atoms with Crippen LogP contribution in [-0.4, -0.2) is 75.1 Å². The van der Waals surface area contributed by atoms with Crippen LogP contribution in [0.1, 0.15) is 19.5 Å². The zero-order chi connectivity index (χ0) is 23.5. The number of nitrogen functional groups attached to an aromatic ring is 1. The highest BCUT2D eigenvalue weighted by molar-refractivity contribution is 5.72. The van der Waals surface area contributed by atoms with Gasteiger partial charge in [-0.3, -0.25) is 4.79 Å². The lowest BCUT2D eigenvalue weighted by atomic mass is 9.92. The van der Waals surface area contributed by atoms with Crippen LogP contribution >= 0.6 is 0 Å². The lowest BCUT2D eigenvalue weighted by Gasteiger charge is -2.24. The van der Waals surface area contributed by atoms with Gasteiger partial charge >= 0.3 is 12.1 Å². The number of rotatable bonds is 7. The summed E-state index contributed by atoms with van der Waals surface area (Å²) in [6.45, 7) is 2.58. The standard InChI is InChI=1S/C19H23N5O8/c1-3-29-17(27)10(2)6-30-18(28)31-7-12-14(25)15(26)19(8-20,32-12)13-5-4-11-16(21)22-9-23-24(11)13/h4-5,9-10,12,14-15,25-26H,3,6-7H2,1-2H3,(H2,21,22,23)/t10?,12-,14-,15-,19+/m1/s1. The molecule has 13 heteroatoms. The van der Waals surface area contributed by atoms with Gasteiger partial charge in [-0.15, -0.1) is 0 Å². The molecule has 4 N–H and O–H groups in total. The second-order valence-corrected chi connectivity index (χ2v) is 7.13. The summed E-state index contributed by atoms with van der Waals surface area (Å²) >= 11 is 0. The number of esters is 1. The first-order valence-electron chi connectivity index (χ1n) is 9.75. The SMILES string of the molecule is CCOC(=O)C(C)COC(=O)OC[C@H]1O[C@@](C#N)(c2ccc3c(N)ncnn23)[C@H](O)[C@@H]1O. The van der Waals surface area contributed by atoms with E-state index < -0.39 is 48.6 Å². The van der Waals surface area contributed by atoms with Crippen molar-refractivity contribution in [1.29, 1.82) is 5.26 Å². The highest BCUT2D eigenvalue weighted by atomic mass is 16.7. The fourth-order valence-corrected chi connectivity index (χ4v) is 3.29. The second kappa shape index (κ2) is 9.35. The lowest BCUT2D eigenvalue weighted by molar-refractivity contribution is -0.148. The van der Waals surface area contributed by atoms with Gasteiger partial charge in [0.15, 0.2) is 5.82 Å². The van der Waals surface area contributed by atoms with Crippen molar-refractivity contribution in [2.75, 3.05) is 25.6 Å². The fraction of sp³-hybridized carbons (Fsp3) is 0.526. The zero-order valence-electron chi connectivity index (χ0n) is 17.4. The van der Waals surface area contributed by atoms with E-state index in [2.05, 4.69) is 10.1 Å². The Morgan fingerprint density at radius 3 is 2.81 bits per heavy atom. The summed E-state index contributed by atoms with van der Waals surface area (Å²) in [4.78, 5) is 27.3. The summed E-state index contributed by atoms with van der Waals surface area (Å²) in [5.41, 5.74) is 4.28. The Balaban J connectivity index is 1.68. The van der Waals surface area contributed by atoms with Gasteiger partial charge in [0, 0.05) is 0 Å². The number of nitriles is 1. The molecule has 3 heterocycles. The van der Waals surface area contributed by atoms with Crippen LogP contribution in [0.5, 0.6) is 0 Å². The molecule has 13 nitrogen and oxygen atoms in total. The summed E-state index contributed by atoms with van der Waals surface area (Å²) in [7, 11) is 0. The van der Waals surface area contributed by atoms with E-state index in [-0.39, 0.29) is 24.7 Å². The number of fused-ring (bicyclic) bond motifs is 1. The van der Waals surface area contributed by atoms with Crippen molar-refractivity contribution in [3.8, 4) is 6.07 Å². The smallest absolute Gasteiger partial charge is 0.466 e. The number of anilines is 1. The fourth-order valence-electron chi connectivity index (χ4n) is 3.29. The molecule has 1 fully saturated rings. The largest absolute Gasteiger partial charge is 0.508 e. The number of aromatic nitrogens is 3. The van der Waals surface area contributed by atoms with E-state index in [1.54, 1.807) is 6.92 Å². The molecule has 2 aromatic rings. The third-order valence-corrected chi connectivity index (χ3v) is 4.99. The van der Waals surface area contributed by atoms with Gasteiger partial charge in [-0.05, 0) is 26.0 Å². The summed E-state index contributed by atoms with van der Waals surface area (Å²) in [6, 6.07) is 4.88. The molecular weight excluding hydrogens is 426 g/mol. The quantitative estimate of drug-likeness (QED) is 0.460. The number of hydrogen-bond acceptors (Lipinski definition) is 12. The van der Waals surface area contributed by atoms with Crippen LogP contribution in [0.3, 0.4) is 0 Å². The molecule has 32 heavy (non-hydrogen) atoms. The van der Waals surface area contributed by atoms with Gasteiger partial charge < -0.3 is 34.9 Å². The number of ether oxygens (including phenoxy) is 4. The van der Waals surface area contributed by atoms with Crippen molar-refractivity contribution in [3.63, 3.8) is 0 Å². The molecule has 0 amide bonds. The Morgan fingerprint density at radius 1 is 1.38 bits per heavy atom. The normalized spacial score (nSPS) is 25.8. The van der Waals surface area contributed by atoms with Crippen molar-refractivity contribution in [2.24, 2.45) is 5.92 Å². The van der Waals surface area contributed by atoms with E-state index in [0.29, 0.717) is 5.52 Å². The average Bonchev–Trinajstić information content (AvgIpc) is 3.32. The Morgan fingerprint density at radius 2 is 2.12 bits per heavy atom. The predicted molar refractivity (Wildman–Crippen MR) is 105 cm³/mol. The molecule has 0 aliphatic carbocycles. The van der Waals surface area contributed by atoms with Gasteiger partial charge in [0.05, 0.1) is 18.2 Å². The van der Waals surface area contributed by atoms with E-state index in [1.807, 2.05) is 6.07 Å². The van der Waals surface area contributed by atoms with Crippen LogP contribution in [0.4, 0.5) is 10.6 Å². The number of hydrogen-bond donors (Lipinski definition) is 3. The van der Waals surface area contributed by atoms with Crippen molar-refractivity contribution in [1.82, 2.24) is 14.6 Å². The summed E-state index contributed by atoms with van der Waals surface area (Å²) in [5.74, 6) is -1.08. The Hall–Kier alpha value is -3.47. The highest BCUT2D eigenvalue weighted by Crippen LogP contribution is 2.40. The van der Waals surface area contributed by atoms with E-state index >= 15 is 0 Å². The predicted octanol–water partition coefficient (Wildman–Crippen LogP) is -0.497. The Kier molecular flexibility index (Phi) is 6.78. The van der Waals surface area contributed by atoms with Crippen molar-refractivity contribution in [3.05, 3.63) is 24.2 Å². The number of nitrogens with zero attached hydrogens (tertiary/aromatic N) is 4. The molecule has 0 spiro atoms. The molecule has 172 valence electrons. The van der Waals surface area contributed by atoms with Crippen LogP contribution in [0.2, 0.25) is 0 Å². The van der Waals surface area contributed by atoms with Crippen LogP contribution in [0.25, 0.3) is 5.52 Å². The summed E-state index contributed by atoms with van der Waals surface area (Å²) < 4.78 is 21.5. The van der Waals surface area contributed by atoms with E-state index in [4.69, 9.17) is 24.7 Å². The monoisotopic (exact) mass is 449 g/mol. The molecule has 1 aliphatic rings. The molecule has 1 unspecified atom stereocenters. The topological polar surface area (TPSA) is 192 Å². The van der Waals surface area contributed by atoms with Crippen molar-refractivity contribution in [2.45, 2.75) is 37.8 Å². The average molecular weight is 449 g/mol. The van der Waals surface area contributed by atoms with E-state index in [1.165, 1.54) is 29.9 Å². The molecule has 1 saturated heterocycles. The minimum Gasteiger partial charge on any atom is -0.466 e. The van der Waals surface area contributed by atoms with E-state index in [9.17, 15) is 25.1 Å². The molecule has 1 aliphatic heterocycles. The van der Waals surface area contributed by atoms with Crippen LogP contribution in [-0.2, 0) is 29.3 Å². The maximum absolute atomic E-state index is 11.8. The molecule has 5 atom stereocenters. The molecule has 0 bridgehead atoms. The lowest BCUT2D eigenvalue weighted by Crippen LogP contribution is -2.41. The maximum atomic E-state index is 11.8. The maximum Gasteiger partial charge on any atom is 0.508 e. The third kappa shape index (κ3) is 4.15. The molecule has 2 aromatic heterocycles. The molecule has 3 rings (SSSR count). The summed E-state index contributed by atoms with van der Waals surface area (Å²) in [5, 5.41) is 34.9. The van der Waals surface area contributed by atoms with Crippen LogP contribution < -0.4 is 5.73 Å². The molecule has 0 radical (unpaired) electrons. The first-order valence-corrected chi connectivity index (χ1v) is 9.75. The number of aliphatic hydroxyl groups excluding tert-OH is 2. The first kappa shape index (κ1) is 23.2. The first-order chi connectivity index (χ1) is 15.2. The minimum absolute atomic E-state index is 0.115. The van der Waals surface area contributed by atoms with Crippen molar-refractivity contribution < 1.29 is 38.7 Å². The number of aliphatic hydroxyl groups is 2. The third-order valence-electron chi connectivity index (χ3n) is 4.99. The number of carbonyl (C=O) groups is 2. The highest BCUT2D eigenvalue weighted by Gasteiger charge is 2.57. The zero-order valence-corrected chi connectivity index (χ0v) is 17.4. The van der Waals surface area contributed by atoms with Crippen LogP contribution in [0.15, 0.2) is 18.5 Å². The minimum atomic E-state index is -2.01. The van der Waals surface area contributed by atoms with Crippen molar-refractivity contribution >= 4 is 23.5 Å². The number of nitrogens with two attached hydrogens (primary N) is 1. The molecule has 0 aromatic carbocycles. The van der Waals surface area contributed by atoms with Gasteiger partial charge in [0.2, 0.25) is 5.60 Å². The van der Waals surface area contributed by atoms with E-state index in [0.717, 1.165) is 0 Å². The van der Waals surface area contributed by atoms with Gasteiger partial charge in [-0.25, -0.2) is 14.3 Å². The van der Waals surface area contributed by atoms with Gasteiger partial charge in [0.1, 0.15) is 49.4 Å². The Labute approximate surface area is 182 Å². The van der Waals surface area contributed by atoms with Crippen LogP contribution in [0, 0.1) is 17.2 Å². The molecular formula is C19H23N5O8. The van der Waals surface area contributed by atoms with Gasteiger partial charge in [0.25, 0.3) is 0 Å². The Bertz CT molecular complexity index is 1040. The second-order valence-electron chi connectivity index (χ2n) is 7.13.